The molecule has 1 aliphatic carbocycles. The lowest BCUT2D eigenvalue weighted by atomic mass is 9.95. The highest BCUT2D eigenvalue weighted by Gasteiger charge is 2.51. The van der Waals surface area contributed by atoms with Gasteiger partial charge in [-0.15, -0.1) is 11.8 Å². The van der Waals surface area contributed by atoms with E-state index in [1.54, 1.807) is 0 Å². The number of amides is 1. The lowest BCUT2D eigenvalue weighted by molar-refractivity contribution is -0.118. The van der Waals surface area contributed by atoms with Gasteiger partial charge in [0.1, 0.15) is 0 Å². The summed E-state index contributed by atoms with van der Waals surface area (Å²) in [5.74, 6) is 1.18. The number of nitrogens with one attached hydrogen (secondary N) is 2. The van der Waals surface area contributed by atoms with E-state index in [1.807, 2.05) is 42.1 Å². The summed E-state index contributed by atoms with van der Waals surface area (Å²) < 4.78 is 0. The van der Waals surface area contributed by atoms with Gasteiger partial charge in [0, 0.05) is 23.4 Å². The molecule has 3 nitrogen and oxygen atoms in total. The van der Waals surface area contributed by atoms with E-state index in [1.165, 1.54) is 5.56 Å². The molecular formula is C20H22N2OS. The van der Waals surface area contributed by atoms with Gasteiger partial charge in [0.15, 0.2) is 0 Å². The minimum Gasteiger partial charge on any atom is -0.325 e. The third kappa shape index (κ3) is 3.21. The lowest BCUT2D eigenvalue weighted by Gasteiger charge is -2.16. The molecule has 2 fully saturated rings. The second-order valence-electron chi connectivity index (χ2n) is 6.69. The molecular weight excluding hydrogens is 316 g/mol. The number of benzene rings is 2. The molecule has 1 heterocycles. The average molecular weight is 338 g/mol. The van der Waals surface area contributed by atoms with Gasteiger partial charge in [0.25, 0.3) is 0 Å². The van der Waals surface area contributed by atoms with E-state index in [0.29, 0.717) is 5.25 Å². The molecule has 1 unspecified atom stereocenters. The maximum atomic E-state index is 12.7. The first-order valence-electron chi connectivity index (χ1n) is 8.54. The van der Waals surface area contributed by atoms with Gasteiger partial charge in [0.05, 0.1) is 5.41 Å². The van der Waals surface area contributed by atoms with Crippen molar-refractivity contribution < 1.29 is 4.79 Å². The number of rotatable bonds is 5. The summed E-state index contributed by atoms with van der Waals surface area (Å²) in [4.78, 5) is 12.7. The Morgan fingerprint density at radius 2 is 1.88 bits per heavy atom. The number of thioether (sulfide) groups is 1. The van der Waals surface area contributed by atoms with Crippen LogP contribution in [0.3, 0.4) is 0 Å². The number of carbonyl (C=O) groups is 1. The van der Waals surface area contributed by atoms with Crippen molar-refractivity contribution in [1.29, 1.82) is 0 Å². The van der Waals surface area contributed by atoms with Crippen LogP contribution in [0.25, 0.3) is 0 Å². The summed E-state index contributed by atoms with van der Waals surface area (Å²) in [7, 11) is 0. The van der Waals surface area contributed by atoms with E-state index in [2.05, 4.69) is 34.9 Å². The second-order valence-corrected chi connectivity index (χ2v) is 7.98. The first kappa shape index (κ1) is 15.7. The van der Waals surface area contributed by atoms with Crippen LogP contribution in [0.15, 0.2) is 54.6 Å². The molecule has 1 atom stereocenters. The van der Waals surface area contributed by atoms with Gasteiger partial charge >= 0.3 is 0 Å². The minimum absolute atomic E-state index is 0.122. The Kier molecular flexibility index (Phi) is 4.33. The monoisotopic (exact) mass is 338 g/mol. The van der Waals surface area contributed by atoms with Crippen LogP contribution in [0, 0.1) is 0 Å². The van der Waals surface area contributed by atoms with Gasteiger partial charge in [-0.3, -0.25) is 4.79 Å². The molecule has 24 heavy (non-hydrogen) atoms. The van der Waals surface area contributed by atoms with E-state index < -0.39 is 0 Å². The molecule has 0 aromatic heterocycles. The molecule has 1 saturated carbocycles. The number of hydrogen-bond acceptors (Lipinski definition) is 3. The summed E-state index contributed by atoms with van der Waals surface area (Å²) >= 11 is 1.98. The Balaban J connectivity index is 1.41. The maximum Gasteiger partial charge on any atom is 0.235 e. The fourth-order valence-corrected chi connectivity index (χ4v) is 4.37. The van der Waals surface area contributed by atoms with E-state index in [-0.39, 0.29) is 11.3 Å². The van der Waals surface area contributed by atoms with E-state index >= 15 is 0 Å². The predicted octanol–water partition coefficient (Wildman–Crippen LogP) is 3.56. The molecule has 0 bridgehead atoms. The van der Waals surface area contributed by atoms with E-state index in [0.717, 1.165) is 42.9 Å². The van der Waals surface area contributed by atoms with Crippen molar-refractivity contribution in [1.82, 2.24) is 5.32 Å². The van der Waals surface area contributed by atoms with Crippen LogP contribution >= 0.6 is 11.8 Å². The molecule has 4 heteroatoms. The normalized spacial score (nSPS) is 21.4. The predicted molar refractivity (Wildman–Crippen MR) is 100 cm³/mol. The van der Waals surface area contributed by atoms with Crippen molar-refractivity contribution in [2.45, 2.75) is 29.9 Å². The van der Waals surface area contributed by atoms with Gasteiger partial charge in [-0.25, -0.2) is 0 Å². The van der Waals surface area contributed by atoms with Crippen molar-refractivity contribution in [3.63, 3.8) is 0 Å². The molecule has 1 amide bonds. The first-order valence-corrected chi connectivity index (χ1v) is 9.59. The summed E-state index contributed by atoms with van der Waals surface area (Å²) in [6.07, 6.45) is 2.96. The van der Waals surface area contributed by atoms with Crippen LogP contribution in [0.1, 0.15) is 24.0 Å². The van der Waals surface area contributed by atoms with Crippen molar-refractivity contribution in [3.05, 3.63) is 65.7 Å². The Labute approximate surface area is 147 Å². The van der Waals surface area contributed by atoms with Gasteiger partial charge in [0.2, 0.25) is 5.91 Å². The Bertz CT molecular complexity index is 704. The van der Waals surface area contributed by atoms with Crippen LogP contribution in [0.5, 0.6) is 0 Å². The average Bonchev–Trinajstić information content (AvgIpc) is 3.29. The molecule has 1 aliphatic heterocycles. The lowest BCUT2D eigenvalue weighted by Crippen LogP contribution is -2.27. The molecule has 2 aliphatic rings. The first-order chi connectivity index (χ1) is 11.8. The third-order valence-electron chi connectivity index (χ3n) is 4.98. The number of carbonyl (C=O) groups excluding carboxylic acids is 1. The number of anilines is 1. The van der Waals surface area contributed by atoms with Crippen molar-refractivity contribution in [2.24, 2.45) is 0 Å². The summed E-state index contributed by atoms with van der Waals surface area (Å²) in [6, 6.07) is 18.5. The standard InChI is InChI=1S/C20H22N2OS/c23-19(20(10-11-20)16-4-2-1-3-5-16)22-17-8-6-15(7-9-17)12-18-13-21-14-24-18/h1-9,18,21H,10-14H2,(H,22,23). The highest BCUT2D eigenvalue weighted by molar-refractivity contribution is 8.00. The molecule has 0 radical (unpaired) electrons. The second kappa shape index (κ2) is 6.61. The van der Waals surface area contributed by atoms with Crippen molar-refractivity contribution in [2.75, 3.05) is 17.7 Å². The van der Waals surface area contributed by atoms with Gasteiger partial charge in [-0.2, -0.15) is 0 Å². The van der Waals surface area contributed by atoms with Crippen LogP contribution in [0.4, 0.5) is 5.69 Å². The summed E-state index contributed by atoms with van der Waals surface area (Å²) in [5.41, 5.74) is 3.04. The van der Waals surface area contributed by atoms with Gasteiger partial charge in [-0.05, 0) is 42.5 Å². The largest absolute Gasteiger partial charge is 0.325 e. The fourth-order valence-electron chi connectivity index (χ4n) is 3.35. The topological polar surface area (TPSA) is 41.1 Å². The highest BCUT2D eigenvalue weighted by atomic mass is 32.2. The molecule has 124 valence electrons. The van der Waals surface area contributed by atoms with Gasteiger partial charge < -0.3 is 10.6 Å². The molecule has 1 saturated heterocycles. The van der Waals surface area contributed by atoms with Crippen LogP contribution in [0.2, 0.25) is 0 Å². The molecule has 0 spiro atoms. The molecule has 2 N–H and O–H groups in total. The molecule has 4 rings (SSSR count). The highest BCUT2D eigenvalue weighted by Crippen LogP contribution is 2.48. The zero-order chi connectivity index (χ0) is 16.4. The van der Waals surface area contributed by atoms with Gasteiger partial charge in [-0.1, -0.05) is 42.5 Å². The van der Waals surface area contributed by atoms with E-state index in [9.17, 15) is 4.79 Å². The molecule has 2 aromatic carbocycles. The number of hydrogen-bond donors (Lipinski definition) is 2. The third-order valence-corrected chi connectivity index (χ3v) is 6.15. The van der Waals surface area contributed by atoms with Crippen LogP contribution in [-0.2, 0) is 16.6 Å². The maximum absolute atomic E-state index is 12.7. The summed E-state index contributed by atoms with van der Waals surface area (Å²) in [6.45, 7) is 1.09. The fraction of sp³-hybridized carbons (Fsp3) is 0.350. The SMILES string of the molecule is O=C(Nc1ccc(CC2CNCS2)cc1)C1(c2ccccc2)CC1. The zero-order valence-electron chi connectivity index (χ0n) is 13.6. The Morgan fingerprint density at radius 1 is 1.12 bits per heavy atom. The minimum atomic E-state index is -0.313. The van der Waals surface area contributed by atoms with Crippen LogP contribution in [-0.4, -0.2) is 23.6 Å². The van der Waals surface area contributed by atoms with Crippen molar-refractivity contribution in [3.8, 4) is 0 Å². The Hall–Kier alpha value is -1.78. The summed E-state index contributed by atoms with van der Waals surface area (Å²) in [5, 5.41) is 7.15. The Morgan fingerprint density at radius 3 is 2.50 bits per heavy atom. The quantitative estimate of drug-likeness (QED) is 0.876. The molecule has 2 aromatic rings. The van der Waals surface area contributed by atoms with Crippen molar-refractivity contribution >= 4 is 23.4 Å². The van der Waals surface area contributed by atoms with E-state index in [4.69, 9.17) is 0 Å². The smallest absolute Gasteiger partial charge is 0.235 e. The van der Waals surface area contributed by atoms with Crippen LogP contribution < -0.4 is 10.6 Å². The zero-order valence-corrected chi connectivity index (χ0v) is 14.4.